The number of nitrogens with zero attached hydrogens (tertiary/aromatic N) is 1. The predicted molar refractivity (Wildman–Crippen MR) is 66.0 cm³/mol. The van der Waals surface area contributed by atoms with Gasteiger partial charge in [-0.15, -0.1) is 11.6 Å². The fourth-order valence-corrected chi connectivity index (χ4v) is 2.06. The lowest BCUT2D eigenvalue weighted by Gasteiger charge is -1.96. The van der Waals surface area contributed by atoms with Crippen molar-refractivity contribution in [2.24, 2.45) is 0 Å². The van der Waals surface area contributed by atoms with E-state index in [0.717, 1.165) is 27.2 Å². The lowest BCUT2D eigenvalue weighted by atomic mass is 10.2. The minimum atomic E-state index is 0.441. The van der Waals surface area contributed by atoms with Gasteiger partial charge in [-0.2, -0.15) is 0 Å². The first-order chi connectivity index (χ1) is 7.20. The summed E-state index contributed by atoms with van der Waals surface area (Å²) in [5.41, 5.74) is 3.00. The molecule has 0 aliphatic carbocycles. The molecule has 0 spiro atoms. The zero-order valence-electron chi connectivity index (χ0n) is 8.22. The van der Waals surface area contributed by atoms with E-state index in [0.29, 0.717) is 5.88 Å². The van der Waals surface area contributed by atoms with Crippen molar-refractivity contribution in [3.05, 3.63) is 40.1 Å². The second-order valence-corrected chi connectivity index (χ2v) is 4.48. The Bertz CT molecular complexity index is 479. The number of rotatable bonds is 2. The predicted octanol–water partition coefficient (Wildman–Crippen LogP) is 3.89. The smallest absolute Gasteiger partial charge is 0.137 e. The summed E-state index contributed by atoms with van der Waals surface area (Å²) in [4.78, 5) is 7.65. The molecule has 1 aromatic carbocycles. The highest BCUT2D eigenvalue weighted by atomic mass is 79.9. The van der Waals surface area contributed by atoms with Crippen molar-refractivity contribution < 1.29 is 0 Å². The van der Waals surface area contributed by atoms with Crippen LogP contribution in [-0.4, -0.2) is 9.97 Å². The highest BCUT2D eigenvalue weighted by Gasteiger charge is 2.07. The maximum absolute atomic E-state index is 5.77. The second-order valence-electron chi connectivity index (χ2n) is 3.30. The van der Waals surface area contributed by atoms with E-state index < -0.39 is 0 Å². The molecule has 0 amide bonds. The third-order valence-corrected chi connectivity index (χ3v) is 2.96. The quantitative estimate of drug-likeness (QED) is 0.833. The molecule has 2 rings (SSSR count). The highest BCUT2D eigenvalue weighted by molar-refractivity contribution is 9.10. The van der Waals surface area contributed by atoms with Crippen molar-refractivity contribution in [3.8, 4) is 11.4 Å². The number of benzene rings is 1. The number of imidazole rings is 1. The number of hydrogen-bond acceptors (Lipinski definition) is 1. The average Bonchev–Trinajstić information content (AvgIpc) is 2.60. The van der Waals surface area contributed by atoms with E-state index in [1.165, 1.54) is 0 Å². The Labute approximate surface area is 102 Å². The monoisotopic (exact) mass is 284 g/mol. The molecule has 78 valence electrons. The Balaban J connectivity index is 2.45. The molecule has 0 radical (unpaired) electrons. The van der Waals surface area contributed by atoms with Crippen LogP contribution in [0.4, 0.5) is 0 Å². The van der Waals surface area contributed by atoms with E-state index in [9.17, 15) is 0 Å². The van der Waals surface area contributed by atoms with Crippen molar-refractivity contribution in [2.75, 3.05) is 0 Å². The molecule has 1 heterocycles. The normalized spacial score (nSPS) is 10.6. The van der Waals surface area contributed by atoms with Gasteiger partial charge in [-0.25, -0.2) is 4.98 Å². The molecule has 4 heteroatoms. The van der Waals surface area contributed by atoms with E-state index in [2.05, 4.69) is 25.9 Å². The summed E-state index contributed by atoms with van der Waals surface area (Å²) in [5.74, 6) is 1.31. The Morgan fingerprint density at radius 3 is 2.87 bits per heavy atom. The standard InChI is InChI=1S/C11H10BrClN2/c1-7-10(6-13)15-11(14-7)8-3-2-4-9(12)5-8/h2-5H,6H2,1H3,(H,14,15). The maximum atomic E-state index is 5.77. The summed E-state index contributed by atoms with van der Waals surface area (Å²) < 4.78 is 1.04. The summed E-state index contributed by atoms with van der Waals surface area (Å²) >= 11 is 9.21. The summed E-state index contributed by atoms with van der Waals surface area (Å²) in [5, 5.41) is 0. The third-order valence-electron chi connectivity index (χ3n) is 2.21. The summed E-state index contributed by atoms with van der Waals surface area (Å²) in [6.07, 6.45) is 0. The molecule has 0 unspecified atom stereocenters. The van der Waals surface area contributed by atoms with E-state index in [-0.39, 0.29) is 0 Å². The molecular formula is C11H10BrClN2. The number of H-pyrrole nitrogens is 1. The Kier molecular flexibility index (Phi) is 3.12. The van der Waals surface area contributed by atoms with Gasteiger partial charge in [-0.3, -0.25) is 0 Å². The van der Waals surface area contributed by atoms with Crippen LogP contribution in [-0.2, 0) is 5.88 Å². The molecular weight excluding hydrogens is 275 g/mol. The molecule has 15 heavy (non-hydrogen) atoms. The van der Waals surface area contributed by atoms with Gasteiger partial charge >= 0.3 is 0 Å². The van der Waals surface area contributed by atoms with Crippen LogP contribution in [0, 0.1) is 6.92 Å². The first-order valence-electron chi connectivity index (χ1n) is 4.58. The summed E-state index contributed by atoms with van der Waals surface area (Å²) in [7, 11) is 0. The van der Waals surface area contributed by atoms with Gasteiger partial charge in [0.15, 0.2) is 0 Å². The summed E-state index contributed by atoms with van der Waals surface area (Å²) in [6, 6.07) is 8.01. The molecule has 0 saturated carbocycles. The molecule has 0 bridgehead atoms. The largest absolute Gasteiger partial charge is 0.342 e. The van der Waals surface area contributed by atoms with Gasteiger partial charge < -0.3 is 4.98 Å². The second kappa shape index (κ2) is 4.37. The minimum absolute atomic E-state index is 0.441. The third kappa shape index (κ3) is 2.24. The van der Waals surface area contributed by atoms with Crippen molar-refractivity contribution in [1.82, 2.24) is 9.97 Å². The highest BCUT2D eigenvalue weighted by Crippen LogP contribution is 2.22. The zero-order valence-corrected chi connectivity index (χ0v) is 10.6. The van der Waals surface area contributed by atoms with Gasteiger partial charge in [0.25, 0.3) is 0 Å². The van der Waals surface area contributed by atoms with Crippen LogP contribution in [0.5, 0.6) is 0 Å². The van der Waals surface area contributed by atoms with Crippen molar-refractivity contribution in [1.29, 1.82) is 0 Å². The summed E-state index contributed by atoms with van der Waals surface area (Å²) in [6.45, 7) is 1.98. The van der Waals surface area contributed by atoms with Crippen LogP contribution in [0.15, 0.2) is 28.7 Å². The fourth-order valence-electron chi connectivity index (χ4n) is 1.40. The fraction of sp³-hybridized carbons (Fsp3) is 0.182. The molecule has 0 saturated heterocycles. The lowest BCUT2D eigenvalue weighted by molar-refractivity contribution is 1.18. The first kappa shape index (κ1) is 10.7. The van der Waals surface area contributed by atoms with Crippen LogP contribution < -0.4 is 0 Å². The van der Waals surface area contributed by atoms with Gasteiger partial charge in [0.05, 0.1) is 11.6 Å². The van der Waals surface area contributed by atoms with Crippen molar-refractivity contribution >= 4 is 27.5 Å². The number of alkyl halides is 1. The van der Waals surface area contributed by atoms with Gasteiger partial charge in [0.2, 0.25) is 0 Å². The van der Waals surface area contributed by atoms with Crippen LogP contribution >= 0.6 is 27.5 Å². The number of aromatic amines is 1. The number of halogens is 2. The Hall–Kier alpha value is -0.800. The molecule has 1 aromatic heterocycles. The van der Waals surface area contributed by atoms with Gasteiger partial charge in [0.1, 0.15) is 5.82 Å². The number of aromatic nitrogens is 2. The topological polar surface area (TPSA) is 28.7 Å². The molecule has 0 atom stereocenters. The molecule has 2 nitrogen and oxygen atoms in total. The number of nitrogens with one attached hydrogen (secondary N) is 1. The number of hydrogen-bond donors (Lipinski definition) is 1. The Morgan fingerprint density at radius 2 is 2.27 bits per heavy atom. The minimum Gasteiger partial charge on any atom is -0.342 e. The van der Waals surface area contributed by atoms with E-state index >= 15 is 0 Å². The SMILES string of the molecule is Cc1[nH]c(-c2cccc(Br)c2)nc1CCl. The average molecular weight is 286 g/mol. The van der Waals surface area contributed by atoms with Gasteiger partial charge in [-0.1, -0.05) is 28.1 Å². The van der Waals surface area contributed by atoms with Crippen LogP contribution in [0.1, 0.15) is 11.4 Å². The molecule has 2 aromatic rings. The van der Waals surface area contributed by atoms with Gasteiger partial charge in [-0.05, 0) is 19.1 Å². The lowest BCUT2D eigenvalue weighted by Crippen LogP contribution is -1.81. The van der Waals surface area contributed by atoms with E-state index in [1.54, 1.807) is 0 Å². The zero-order chi connectivity index (χ0) is 10.8. The molecule has 1 N–H and O–H groups in total. The van der Waals surface area contributed by atoms with Crippen LogP contribution in [0.25, 0.3) is 11.4 Å². The molecule has 0 aliphatic rings. The molecule has 0 fully saturated rings. The van der Waals surface area contributed by atoms with Crippen molar-refractivity contribution in [3.63, 3.8) is 0 Å². The van der Waals surface area contributed by atoms with Crippen LogP contribution in [0.3, 0.4) is 0 Å². The van der Waals surface area contributed by atoms with E-state index in [1.807, 2.05) is 31.2 Å². The molecule has 0 aliphatic heterocycles. The number of aryl methyl sites for hydroxylation is 1. The Morgan fingerprint density at radius 1 is 1.47 bits per heavy atom. The first-order valence-corrected chi connectivity index (χ1v) is 5.91. The maximum Gasteiger partial charge on any atom is 0.137 e. The van der Waals surface area contributed by atoms with Crippen molar-refractivity contribution in [2.45, 2.75) is 12.8 Å². The van der Waals surface area contributed by atoms with Crippen LogP contribution in [0.2, 0.25) is 0 Å². The van der Waals surface area contributed by atoms with E-state index in [4.69, 9.17) is 11.6 Å². The van der Waals surface area contributed by atoms with Gasteiger partial charge in [0, 0.05) is 15.7 Å².